The Bertz CT molecular complexity index is 1490. The van der Waals surface area contributed by atoms with Crippen LogP contribution in [0.15, 0.2) is 60.9 Å². The summed E-state index contributed by atoms with van der Waals surface area (Å²) in [6.45, 7) is 6.06. The maximum absolute atomic E-state index is 12.9. The highest BCUT2D eigenvalue weighted by molar-refractivity contribution is 5.97. The number of anilines is 1. The van der Waals surface area contributed by atoms with E-state index in [4.69, 9.17) is 9.72 Å². The summed E-state index contributed by atoms with van der Waals surface area (Å²) in [5.74, 6) is 2.15. The van der Waals surface area contributed by atoms with Gasteiger partial charge in [0.25, 0.3) is 0 Å². The van der Waals surface area contributed by atoms with Crippen LogP contribution in [0.4, 0.5) is 5.95 Å². The number of carbonyl (C=O) groups is 1. The molecule has 194 valence electrons. The number of Topliss-reactive ketones (excluding diaryl/α,β-unsaturated/α-hetero) is 1. The minimum atomic E-state index is -0.145. The van der Waals surface area contributed by atoms with E-state index in [2.05, 4.69) is 51.8 Å². The van der Waals surface area contributed by atoms with E-state index >= 15 is 0 Å². The summed E-state index contributed by atoms with van der Waals surface area (Å²) in [7, 11) is 0. The van der Waals surface area contributed by atoms with Gasteiger partial charge in [-0.1, -0.05) is 37.3 Å². The number of benzene rings is 2. The van der Waals surface area contributed by atoms with Crippen LogP contribution in [0.25, 0.3) is 22.0 Å². The number of aromatic nitrogens is 3. The molecule has 1 atom stereocenters. The third-order valence-electron chi connectivity index (χ3n) is 7.85. The van der Waals surface area contributed by atoms with Crippen molar-refractivity contribution in [2.75, 3.05) is 18.4 Å². The molecule has 2 fully saturated rings. The first-order valence-electron chi connectivity index (χ1n) is 13.5. The topological polar surface area (TPSA) is 89.0 Å². The zero-order valence-electron chi connectivity index (χ0n) is 22.0. The van der Waals surface area contributed by atoms with Gasteiger partial charge in [-0.15, -0.1) is 0 Å². The number of carbonyl (C=O) groups excluding carboxylic acids is 1. The van der Waals surface area contributed by atoms with Crippen molar-refractivity contribution in [1.82, 2.24) is 20.3 Å². The molecular formula is C31H33N5O2. The van der Waals surface area contributed by atoms with E-state index in [1.807, 2.05) is 31.2 Å². The van der Waals surface area contributed by atoms with Gasteiger partial charge in [-0.25, -0.2) is 15.0 Å². The van der Waals surface area contributed by atoms with Gasteiger partial charge in [0, 0.05) is 42.2 Å². The van der Waals surface area contributed by atoms with Crippen LogP contribution >= 0.6 is 0 Å². The number of hydrogen-bond acceptors (Lipinski definition) is 7. The molecule has 0 bridgehead atoms. The standard InChI is InChI=1S/C31H33N5O2/c1-20-10-11-23-21(18-27(37)31(2)13-14-31)6-3-8-24(23)28(20)38-29-25(9-5-16-33-29)26-12-17-34-30(36-26)35-22-7-4-15-32-19-22/h3,5-6,8-12,16-17,22,32H,4,7,13-15,18-19H2,1-2H3,(H,34,35,36)/t22-/m0/s1. The number of ketones is 1. The van der Waals surface area contributed by atoms with Crippen LogP contribution in [0.2, 0.25) is 0 Å². The molecule has 1 aliphatic carbocycles. The molecule has 4 aromatic rings. The average Bonchev–Trinajstić information content (AvgIpc) is 3.70. The second kappa shape index (κ2) is 10.1. The molecule has 0 spiro atoms. The summed E-state index contributed by atoms with van der Waals surface area (Å²) in [6.07, 6.45) is 8.15. The van der Waals surface area contributed by atoms with E-state index in [0.29, 0.717) is 30.1 Å². The van der Waals surface area contributed by atoms with E-state index in [9.17, 15) is 4.79 Å². The van der Waals surface area contributed by atoms with Gasteiger partial charge in [0.1, 0.15) is 11.5 Å². The van der Waals surface area contributed by atoms with Crippen molar-refractivity contribution in [2.45, 2.75) is 52.0 Å². The maximum Gasteiger partial charge on any atom is 0.228 e. The van der Waals surface area contributed by atoms with Crippen LogP contribution in [-0.4, -0.2) is 39.9 Å². The number of pyridine rings is 1. The molecule has 0 radical (unpaired) electrons. The quantitative estimate of drug-likeness (QED) is 0.308. The molecule has 0 unspecified atom stereocenters. The number of nitrogens with one attached hydrogen (secondary N) is 2. The van der Waals surface area contributed by atoms with E-state index < -0.39 is 0 Å². The van der Waals surface area contributed by atoms with Gasteiger partial charge in [0.15, 0.2) is 0 Å². The molecule has 38 heavy (non-hydrogen) atoms. The summed E-state index contributed by atoms with van der Waals surface area (Å²) in [5.41, 5.74) is 3.44. The molecule has 2 aromatic carbocycles. The molecule has 2 aromatic heterocycles. The lowest BCUT2D eigenvalue weighted by atomic mass is 9.93. The smallest absolute Gasteiger partial charge is 0.228 e. The van der Waals surface area contributed by atoms with E-state index in [1.165, 1.54) is 0 Å². The van der Waals surface area contributed by atoms with Crippen molar-refractivity contribution in [1.29, 1.82) is 0 Å². The molecule has 2 N–H and O–H groups in total. The lowest BCUT2D eigenvalue weighted by molar-refractivity contribution is -0.122. The molecule has 1 aliphatic heterocycles. The van der Waals surface area contributed by atoms with E-state index in [1.54, 1.807) is 12.4 Å². The van der Waals surface area contributed by atoms with Crippen molar-refractivity contribution < 1.29 is 9.53 Å². The maximum atomic E-state index is 12.9. The van der Waals surface area contributed by atoms with Crippen molar-refractivity contribution >= 4 is 22.5 Å². The lowest BCUT2D eigenvalue weighted by Crippen LogP contribution is -2.38. The second-order valence-electron chi connectivity index (χ2n) is 10.8. The molecule has 1 saturated heterocycles. The fourth-order valence-corrected chi connectivity index (χ4v) is 5.15. The van der Waals surface area contributed by atoms with Crippen molar-refractivity contribution in [3.63, 3.8) is 0 Å². The van der Waals surface area contributed by atoms with Crippen molar-refractivity contribution in [3.8, 4) is 22.9 Å². The Hall–Kier alpha value is -3.84. The van der Waals surface area contributed by atoms with E-state index in [-0.39, 0.29) is 5.41 Å². The predicted octanol–water partition coefficient (Wildman–Crippen LogP) is 5.87. The fraction of sp³-hybridized carbons (Fsp3) is 0.355. The number of ether oxygens (including phenoxy) is 1. The number of hydrogen-bond donors (Lipinski definition) is 2. The first-order chi connectivity index (χ1) is 18.5. The zero-order valence-corrected chi connectivity index (χ0v) is 22.0. The fourth-order valence-electron chi connectivity index (χ4n) is 5.15. The third-order valence-corrected chi connectivity index (χ3v) is 7.85. The summed E-state index contributed by atoms with van der Waals surface area (Å²) < 4.78 is 6.55. The Balaban J connectivity index is 1.32. The number of fused-ring (bicyclic) bond motifs is 1. The Kier molecular flexibility index (Phi) is 6.54. The minimum Gasteiger partial charge on any atom is -0.437 e. The van der Waals surface area contributed by atoms with Crippen LogP contribution in [-0.2, 0) is 11.2 Å². The highest BCUT2D eigenvalue weighted by Crippen LogP contribution is 2.47. The molecule has 6 rings (SSSR count). The van der Waals surface area contributed by atoms with Crippen molar-refractivity contribution in [2.24, 2.45) is 5.41 Å². The normalized spacial score (nSPS) is 18.2. The molecule has 1 saturated carbocycles. The zero-order chi connectivity index (χ0) is 26.1. The van der Waals surface area contributed by atoms with Gasteiger partial charge in [-0.2, -0.15) is 0 Å². The first kappa shape index (κ1) is 24.5. The largest absolute Gasteiger partial charge is 0.437 e. The number of rotatable bonds is 8. The molecule has 2 aliphatic rings. The first-order valence-corrected chi connectivity index (χ1v) is 13.5. The van der Waals surface area contributed by atoms with Gasteiger partial charge in [0.05, 0.1) is 11.3 Å². The van der Waals surface area contributed by atoms with Gasteiger partial charge >= 0.3 is 0 Å². The summed E-state index contributed by atoms with van der Waals surface area (Å²) >= 11 is 0. The molecule has 0 amide bonds. The highest BCUT2D eigenvalue weighted by Gasteiger charge is 2.44. The van der Waals surface area contributed by atoms with E-state index in [0.717, 1.165) is 77.7 Å². The third kappa shape index (κ3) is 4.98. The monoisotopic (exact) mass is 507 g/mol. The Morgan fingerprint density at radius 2 is 1.97 bits per heavy atom. The molecule has 7 heteroatoms. The van der Waals surface area contributed by atoms with Crippen LogP contribution in [0.5, 0.6) is 11.6 Å². The highest BCUT2D eigenvalue weighted by atomic mass is 16.5. The SMILES string of the molecule is Cc1ccc2c(CC(=O)C3(C)CC3)cccc2c1Oc1ncccc1-c1ccnc(N[C@H]2CCCNC2)n1. The van der Waals surface area contributed by atoms with Crippen LogP contribution in [0, 0.1) is 12.3 Å². The lowest BCUT2D eigenvalue weighted by Gasteiger charge is -2.23. The van der Waals surface area contributed by atoms with Crippen LogP contribution in [0.3, 0.4) is 0 Å². The Morgan fingerprint density at radius 1 is 1.08 bits per heavy atom. The number of aryl methyl sites for hydroxylation is 1. The minimum absolute atomic E-state index is 0.145. The Morgan fingerprint density at radius 3 is 2.79 bits per heavy atom. The van der Waals surface area contributed by atoms with Gasteiger partial charge in [0.2, 0.25) is 11.8 Å². The molecular weight excluding hydrogens is 474 g/mol. The van der Waals surface area contributed by atoms with Crippen LogP contribution < -0.4 is 15.4 Å². The van der Waals surface area contributed by atoms with Gasteiger partial charge in [-0.3, -0.25) is 4.79 Å². The van der Waals surface area contributed by atoms with Gasteiger partial charge in [-0.05, 0) is 73.9 Å². The van der Waals surface area contributed by atoms with Crippen molar-refractivity contribution in [3.05, 3.63) is 72.1 Å². The molecule has 7 nitrogen and oxygen atoms in total. The summed E-state index contributed by atoms with van der Waals surface area (Å²) in [6, 6.07) is 16.3. The Labute approximate surface area is 223 Å². The second-order valence-corrected chi connectivity index (χ2v) is 10.8. The van der Waals surface area contributed by atoms with Crippen LogP contribution in [0.1, 0.15) is 43.7 Å². The summed E-state index contributed by atoms with van der Waals surface area (Å²) in [4.78, 5) is 26.7. The van der Waals surface area contributed by atoms with Gasteiger partial charge < -0.3 is 15.4 Å². The molecule has 3 heterocycles. The average molecular weight is 508 g/mol. The predicted molar refractivity (Wildman–Crippen MR) is 150 cm³/mol. The number of nitrogens with zero attached hydrogens (tertiary/aromatic N) is 3. The summed E-state index contributed by atoms with van der Waals surface area (Å²) in [5, 5.41) is 8.89. The number of piperidine rings is 1.